The molecule has 1 heterocycles. The molecule has 7 heteroatoms. The maximum absolute atomic E-state index is 13.1. The zero-order chi connectivity index (χ0) is 13.1. The van der Waals surface area contributed by atoms with Gasteiger partial charge < -0.3 is 9.67 Å². The number of aromatic nitrogens is 2. The Labute approximate surface area is 101 Å². The molecule has 0 unspecified atom stereocenters. The number of benzene rings is 1. The summed E-state index contributed by atoms with van der Waals surface area (Å²) in [6, 6.07) is 3.31. The molecule has 0 fully saturated rings. The second kappa shape index (κ2) is 4.92. The summed E-state index contributed by atoms with van der Waals surface area (Å²) in [6.45, 7) is -0.0840. The third kappa shape index (κ3) is 2.51. The molecule has 1 aromatic heterocycles. The number of nitrogens with zero attached hydrogens (tertiary/aromatic N) is 3. The summed E-state index contributed by atoms with van der Waals surface area (Å²) in [5, 5.41) is 19.7. The van der Waals surface area contributed by atoms with Crippen molar-refractivity contribution in [3.8, 4) is 0 Å². The highest BCUT2D eigenvalue weighted by Crippen LogP contribution is 2.20. The van der Waals surface area contributed by atoms with Gasteiger partial charge in [0.25, 0.3) is 5.69 Å². The molecule has 18 heavy (non-hydrogen) atoms. The van der Waals surface area contributed by atoms with Gasteiger partial charge in [0.05, 0.1) is 35.7 Å². The molecule has 0 spiro atoms. The van der Waals surface area contributed by atoms with Crippen LogP contribution in [0, 0.1) is 15.9 Å². The van der Waals surface area contributed by atoms with Crippen LogP contribution in [-0.4, -0.2) is 19.6 Å². The molecular formula is C11H10FN3O3. The van der Waals surface area contributed by atoms with Gasteiger partial charge in [0.2, 0.25) is 0 Å². The molecule has 0 saturated carbocycles. The molecule has 0 amide bonds. The lowest BCUT2D eigenvalue weighted by Gasteiger charge is -2.04. The summed E-state index contributed by atoms with van der Waals surface area (Å²) < 4.78 is 14.6. The fraction of sp³-hybridized carbons (Fsp3) is 0.182. The summed E-state index contributed by atoms with van der Waals surface area (Å²) >= 11 is 0. The van der Waals surface area contributed by atoms with Crippen molar-refractivity contribution in [3.63, 3.8) is 0 Å². The molecule has 0 aliphatic carbocycles. The van der Waals surface area contributed by atoms with Gasteiger partial charge in [-0.2, -0.15) is 0 Å². The standard InChI is InChI=1S/C11H10FN3O3/c12-9-1-2-11(15(17)18)8(3-9)4-14-5-10(6-16)13-7-14/h1-3,5,7,16H,4,6H2. The van der Waals surface area contributed by atoms with Crippen LogP contribution in [0.5, 0.6) is 0 Å². The highest BCUT2D eigenvalue weighted by Gasteiger charge is 2.14. The van der Waals surface area contributed by atoms with E-state index in [1.54, 1.807) is 10.8 Å². The van der Waals surface area contributed by atoms with Crippen LogP contribution < -0.4 is 0 Å². The highest BCUT2D eigenvalue weighted by atomic mass is 19.1. The highest BCUT2D eigenvalue weighted by molar-refractivity contribution is 5.40. The predicted molar refractivity (Wildman–Crippen MR) is 60.3 cm³/mol. The van der Waals surface area contributed by atoms with E-state index < -0.39 is 10.7 Å². The van der Waals surface area contributed by atoms with Gasteiger partial charge in [-0.05, 0) is 12.1 Å². The summed E-state index contributed by atoms with van der Waals surface area (Å²) in [5.41, 5.74) is 0.562. The van der Waals surface area contributed by atoms with Gasteiger partial charge in [-0.15, -0.1) is 0 Å². The maximum atomic E-state index is 13.1. The molecule has 0 aliphatic heterocycles. The van der Waals surface area contributed by atoms with Gasteiger partial charge in [-0.1, -0.05) is 0 Å². The van der Waals surface area contributed by atoms with Crippen LogP contribution in [0.15, 0.2) is 30.7 Å². The largest absolute Gasteiger partial charge is 0.390 e. The molecule has 6 nitrogen and oxygen atoms in total. The van der Waals surface area contributed by atoms with Crippen molar-refractivity contribution in [1.82, 2.24) is 9.55 Å². The smallest absolute Gasteiger partial charge is 0.274 e. The van der Waals surface area contributed by atoms with E-state index in [4.69, 9.17) is 5.11 Å². The molecular weight excluding hydrogens is 241 g/mol. The summed E-state index contributed by atoms with van der Waals surface area (Å²) in [6.07, 6.45) is 2.98. The van der Waals surface area contributed by atoms with Gasteiger partial charge in [-0.3, -0.25) is 10.1 Å². The van der Waals surface area contributed by atoms with Gasteiger partial charge in [0, 0.05) is 12.3 Å². The third-order valence-electron chi connectivity index (χ3n) is 2.44. The molecule has 94 valence electrons. The zero-order valence-electron chi connectivity index (χ0n) is 9.28. The molecule has 2 aromatic rings. The quantitative estimate of drug-likeness (QED) is 0.659. The van der Waals surface area contributed by atoms with Crippen molar-refractivity contribution < 1.29 is 14.4 Å². The number of nitro benzene ring substituents is 1. The minimum absolute atomic E-state index is 0.126. The molecule has 0 bridgehead atoms. The van der Waals surface area contributed by atoms with E-state index in [-0.39, 0.29) is 24.4 Å². The number of nitro groups is 1. The molecule has 0 saturated heterocycles. The molecule has 1 aromatic carbocycles. The van der Waals surface area contributed by atoms with Crippen molar-refractivity contribution in [3.05, 3.63) is 57.9 Å². The first-order chi connectivity index (χ1) is 8.60. The Balaban J connectivity index is 2.32. The van der Waals surface area contributed by atoms with E-state index in [0.29, 0.717) is 5.69 Å². The number of hydrogen-bond donors (Lipinski definition) is 1. The van der Waals surface area contributed by atoms with Crippen molar-refractivity contribution in [2.45, 2.75) is 13.2 Å². The number of aliphatic hydroxyl groups excluding tert-OH is 1. The molecule has 0 aliphatic rings. The fourth-order valence-electron chi connectivity index (χ4n) is 1.63. The lowest BCUT2D eigenvalue weighted by atomic mass is 10.1. The predicted octanol–water partition coefficient (Wildman–Crippen LogP) is 1.47. The van der Waals surface area contributed by atoms with Gasteiger partial charge in [-0.25, -0.2) is 9.37 Å². The van der Waals surface area contributed by atoms with Crippen LogP contribution in [0.4, 0.5) is 10.1 Å². The Hall–Kier alpha value is -2.28. The van der Waals surface area contributed by atoms with Crippen LogP contribution in [0.1, 0.15) is 11.3 Å². The average molecular weight is 251 g/mol. The molecule has 0 atom stereocenters. The topological polar surface area (TPSA) is 81.2 Å². The van der Waals surface area contributed by atoms with Crippen LogP contribution in [-0.2, 0) is 13.2 Å². The maximum Gasteiger partial charge on any atom is 0.274 e. The van der Waals surface area contributed by atoms with Crippen LogP contribution in [0.25, 0.3) is 0 Å². The molecule has 0 radical (unpaired) electrons. The lowest BCUT2D eigenvalue weighted by molar-refractivity contribution is -0.385. The second-order valence-electron chi connectivity index (χ2n) is 3.73. The molecule has 2 rings (SSSR count). The minimum Gasteiger partial charge on any atom is -0.390 e. The summed E-state index contributed by atoms with van der Waals surface area (Å²) in [7, 11) is 0. The summed E-state index contributed by atoms with van der Waals surface area (Å²) in [4.78, 5) is 14.1. The average Bonchev–Trinajstić information content (AvgIpc) is 2.76. The van der Waals surface area contributed by atoms with Crippen molar-refractivity contribution >= 4 is 5.69 Å². The van der Waals surface area contributed by atoms with Gasteiger partial charge in [0.15, 0.2) is 0 Å². The SMILES string of the molecule is O=[N+]([O-])c1ccc(F)cc1Cn1cnc(CO)c1. The first-order valence-corrected chi connectivity index (χ1v) is 5.14. The van der Waals surface area contributed by atoms with E-state index in [2.05, 4.69) is 4.98 Å². The van der Waals surface area contributed by atoms with Crippen LogP contribution in [0.2, 0.25) is 0 Å². The van der Waals surface area contributed by atoms with E-state index in [1.165, 1.54) is 6.33 Å². The van der Waals surface area contributed by atoms with Gasteiger partial charge in [0.1, 0.15) is 5.82 Å². The Kier molecular flexibility index (Phi) is 3.33. The number of aliphatic hydroxyl groups is 1. The van der Waals surface area contributed by atoms with Crippen LogP contribution in [0.3, 0.4) is 0 Å². The van der Waals surface area contributed by atoms with E-state index in [9.17, 15) is 14.5 Å². The third-order valence-corrected chi connectivity index (χ3v) is 2.44. The second-order valence-corrected chi connectivity index (χ2v) is 3.73. The monoisotopic (exact) mass is 251 g/mol. The van der Waals surface area contributed by atoms with Crippen molar-refractivity contribution in [2.24, 2.45) is 0 Å². The first-order valence-electron chi connectivity index (χ1n) is 5.14. The van der Waals surface area contributed by atoms with E-state index >= 15 is 0 Å². The van der Waals surface area contributed by atoms with E-state index in [0.717, 1.165) is 18.2 Å². The number of imidazole rings is 1. The van der Waals surface area contributed by atoms with Gasteiger partial charge >= 0.3 is 0 Å². The Morgan fingerprint density at radius 2 is 2.28 bits per heavy atom. The van der Waals surface area contributed by atoms with Crippen molar-refractivity contribution in [1.29, 1.82) is 0 Å². The Morgan fingerprint density at radius 3 is 2.89 bits per heavy atom. The first kappa shape index (κ1) is 12.2. The molecule has 1 N–H and O–H groups in total. The number of halogens is 1. The normalized spacial score (nSPS) is 10.6. The van der Waals surface area contributed by atoms with Crippen LogP contribution >= 0.6 is 0 Å². The van der Waals surface area contributed by atoms with Crippen molar-refractivity contribution in [2.75, 3.05) is 0 Å². The Morgan fingerprint density at radius 1 is 1.50 bits per heavy atom. The number of rotatable bonds is 4. The minimum atomic E-state index is -0.557. The Bertz CT molecular complexity index is 583. The zero-order valence-corrected chi connectivity index (χ0v) is 9.28. The summed E-state index contributed by atoms with van der Waals surface area (Å²) in [5.74, 6) is -0.530. The van der Waals surface area contributed by atoms with E-state index in [1.807, 2.05) is 0 Å². The fourth-order valence-corrected chi connectivity index (χ4v) is 1.63. The lowest BCUT2D eigenvalue weighted by Crippen LogP contribution is -2.02. The number of hydrogen-bond acceptors (Lipinski definition) is 4.